The number of β-amino-alcohol motifs (C(OH)–C–C–N with tert-alkyl or cyclic N) is 1. The fourth-order valence-corrected chi connectivity index (χ4v) is 2.93. The minimum Gasteiger partial charge on any atom is -0.388 e. The van der Waals surface area contributed by atoms with Gasteiger partial charge in [0.05, 0.1) is 16.8 Å². The van der Waals surface area contributed by atoms with Crippen LogP contribution in [-0.2, 0) is 13.5 Å². The topological polar surface area (TPSA) is 41.3 Å². The number of aliphatic hydroxyl groups is 1. The van der Waals surface area contributed by atoms with Crippen LogP contribution in [0.15, 0.2) is 24.3 Å². The molecule has 1 atom stereocenters. The lowest BCUT2D eigenvalue weighted by molar-refractivity contribution is 0.0516. The predicted molar refractivity (Wildman–Crippen MR) is 71.5 cm³/mol. The predicted octanol–water partition coefficient (Wildman–Crippen LogP) is 1.18. The third kappa shape index (κ3) is 1.91. The Bertz CT molecular complexity index is 577. The number of likely N-dealkylation sites (tertiary alicyclic amines) is 1. The van der Waals surface area contributed by atoms with Crippen molar-refractivity contribution in [3.8, 4) is 0 Å². The van der Waals surface area contributed by atoms with Crippen LogP contribution in [0.4, 0.5) is 0 Å². The summed E-state index contributed by atoms with van der Waals surface area (Å²) in [5.41, 5.74) is 1.51. The summed E-state index contributed by atoms with van der Waals surface area (Å²) in [6, 6.07) is 8.19. The molecule has 0 aliphatic carbocycles. The number of hydrogen-bond donors (Lipinski definition) is 1. The molecule has 1 aromatic heterocycles. The van der Waals surface area contributed by atoms with Crippen molar-refractivity contribution in [2.45, 2.75) is 18.4 Å². The average Bonchev–Trinajstić information content (AvgIpc) is 2.82. The second-order valence-electron chi connectivity index (χ2n) is 5.48. The molecular weight excluding hydrogens is 226 g/mol. The maximum atomic E-state index is 10.6. The molecule has 1 aromatic carbocycles. The molecule has 0 saturated carbocycles. The van der Waals surface area contributed by atoms with Gasteiger partial charge in [0.2, 0.25) is 0 Å². The standard InChI is InChI=1S/C14H19N3O/c1-16-8-7-14(18,10-16)9-12-11-5-3-4-6-13(11)17(2)15-12/h3-6,18H,7-10H2,1-2H3. The summed E-state index contributed by atoms with van der Waals surface area (Å²) in [4.78, 5) is 2.17. The monoisotopic (exact) mass is 245 g/mol. The van der Waals surface area contributed by atoms with Crippen molar-refractivity contribution in [2.75, 3.05) is 20.1 Å². The van der Waals surface area contributed by atoms with Crippen LogP contribution in [0.5, 0.6) is 0 Å². The zero-order chi connectivity index (χ0) is 12.8. The highest BCUT2D eigenvalue weighted by Gasteiger charge is 2.35. The quantitative estimate of drug-likeness (QED) is 0.864. The summed E-state index contributed by atoms with van der Waals surface area (Å²) in [6.07, 6.45) is 1.47. The summed E-state index contributed by atoms with van der Waals surface area (Å²) in [7, 11) is 4.01. The minimum atomic E-state index is -0.619. The number of nitrogens with zero attached hydrogens (tertiary/aromatic N) is 3. The highest BCUT2D eigenvalue weighted by molar-refractivity contribution is 5.81. The smallest absolute Gasteiger partial charge is 0.0842 e. The molecule has 3 rings (SSSR count). The van der Waals surface area contributed by atoms with Crippen molar-refractivity contribution in [1.29, 1.82) is 0 Å². The van der Waals surface area contributed by atoms with Crippen LogP contribution in [0.2, 0.25) is 0 Å². The highest BCUT2D eigenvalue weighted by Crippen LogP contribution is 2.27. The number of hydrogen-bond acceptors (Lipinski definition) is 3. The molecule has 1 fully saturated rings. The average molecular weight is 245 g/mol. The lowest BCUT2D eigenvalue weighted by Crippen LogP contribution is -2.34. The van der Waals surface area contributed by atoms with Gasteiger partial charge in [0.15, 0.2) is 0 Å². The van der Waals surface area contributed by atoms with Crippen molar-refractivity contribution in [3.05, 3.63) is 30.0 Å². The van der Waals surface area contributed by atoms with Gasteiger partial charge in [-0.2, -0.15) is 5.10 Å². The SMILES string of the molecule is CN1CCC(O)(Cc2nn(C)c3ccccc23)C1. The van der Waals surface area contributed by atoms with Crippen molar-refractivity contribution in [2.24, 2.45) is 7.05 Å². The van der Waals surface area contributed by atoms with Gasteiger partial charge in [0.25, 0.3) is 0 Å². The maximum absolute atomic E-state index is 10.6. The van der Waals surface area contributed by atoms with E-state index in [-0.39, 0.29) is 0 Å². The number of para-hydroxylation sites is 1. The van der Waals surface area contributed by atoms with Crippen molar-refractivity contribution in [3.63, 3.8) is 0 Å². The molecule has 0 amide bonds. The van der Waals surface area contributed by atoms with E-state index in [1.807, 2.05) is 23.9 Å². The van der Waals surface area contributed by atoms with E-state index in [1.54, 1.807) is 0 Å². The number of fused-ring (bicyclic) bond motifs is 1. The van der Waals surface area contributed by atoms with Crippen LogP contribution in [0.1, 0.15) is 12.1 Å². The Balaban J connectivity index is 1.96. The summed E-state index contributed by atoms with van der Waals surface area (Å²) in [5.74, 6) is 0. The number of benzene rings is 1. The fraction of sp³-hybridized carbons (Fsp3) is 0.500. The van der Waals surface area contributed by atoms with Crippen LogP contribution in [-0.4, -0.2) is 45.5 Å². The zero-order valence-electron chi connectivity index (χ0n) is 10.9. The molecule has 1 N–H and O–H groups in total. The Kier molecular flexibility index (Phi) is 2.64. The van der Waals surface area contributed by atoms with Gasteiger partial charge in [-0.15, -0.1) is 0 Å². The van der Waals surface area contributed by atoms with E-state index in [1.165, 1.54) is 0 Å². The molecule has 4 heteroatoms. The van der Waals surface area contributed by atoms with E-state index in [4.69, 9.17) is 0 Å². The van der Waals surface area contributed by atoms with Crippen molar-refractivity contribution >= 4 is 10.9 Å². The van der Waals surface area contributed by atoms with Gasteiger partial charge in [-0.25, -0.2) is 0 Å². The molecule has 2 aromatic rings. The van der Waals surface area contributed by atoms with Crippen LogP contribution >= 0.6 is 0 Å². The summed E-state index contributed by atoms with van der Waals surface area (Å²) in [5, 5.41) is 16.3. The molecule has 2 heterocycles. The zero-order valence-corrected chi connectivity index (χ0v) is 10.9. The number of aromatic nitrogens is 2. The maximum Gasteiger partial charge on any atom is 0.0842 e. The molecule has 4 nitrogen and oxygen atoms in total. The number of likely N-dealkylation sites (N-methyl/N-ethyl adjacent to an activating group) is 1. The molecule has 1 aliphatic rings. The third-order valence-corrected chi connectivity index (χ3v) is 3.85. The van der Waals surface area contributed by atoms with Crippen LogP contribution in [0.25, 0.3) is 10.9 Å². The van der Waals surface area contributed by atoms with Crippen LogP contribution in [0.3, 0.4) is 0 Å². The number of rotatable bonds is 2. The molecule has 18 heavy (non-hydrogen) atoms. The second-order valence-corrected chi connectivity index (χ2v) is 5.48. The first-order valence-corrected chi connectivity index (χ1v) is 6.39. The minimum absolute atomic E-state index is 0.619. The Hall–Kier alpha value is -1.39. The van der Waals surface area contributed by atoms with E-state index in [2.05, 4.69) is 29.2 Å². The summed E-state index contributed by atoms with van der Waals surface area (Å²) >= 11 is 0. The van der Waals surface area contributed by atoms with Gasteiger partial charge < -0.3 is 10.0 Å². The van der Waals surface area contributed by atoms with Gasteiger partial charge in [0.1, 0.15) is 0 Å². The lowest BCUT2D eigenvalue weighted by atomic mass is 9.95. The Morgan fingerprint density at radius 2 is 2.11 bits per heavy atom. The first kappa shape index (κ1) is 11.7. The van der Waals surface area contributed by atoms with E-state index in [0.717, 1.165) is 36.1 Å². The first-order chi connectivity index (χ1) is 8.57. The second kappa shape index (κ2) is 4.07. The van der Waals surface area contributed by atoms with E-state index >= 15 is 0 Å². The molecule has 1 aliphatic heterocycles. The molecule has 1 unspecified atom stereocenters. The molecule has 0 bridgehead atoms. The molecular formula is C14H19N3O. The van der Waals surface area contributed by atoms with Crippen molar-refractivity contribution in [1.82, 2.24) is 14.7 Å². The van der Waals surface area contributed by atoms with Gasteiger partial charge in [-0.1, -0.05) is 18.2 Å². The van der Waals surface area contributed by atoms with Crippen LogP contribution < -0.4 is 0 Å². The Morgan fingerprint density at radius 1 is 1.33 bits per heavy atom. The molecule has 1 saturated heterocycles. The van der Waals surface area contributed by atoms with Gasteiger partial charge in [-0.05, 0) is 19.5 Å². The normalized spacial score (nSPS) is 25.1. The van der Waals surface area contributed by atoms with Gasteiger partial charge in [-0.3, -0.25) is 4.68 Å². The summed E-state index contributed by atoms with van der Waals surface area (Å²) < 4.78 is 1.90. The van der Waals surface area contributed by atoms with Crippen LogP contribution in [0, 0.1) is 0 Å². The van der Waals surface area contributed by atoms with E-state index in [9.17, 15) is 5.11 Å². The fourth-order valence-electron chi connectivity index (χ4n) is 2.93. The van der Waals surface area contributed by atoms with E-state index in [0.29, 0.717) is 6.42 Å². The van der Waals surface area contributed by atoms with E-state index < -0.39 is 5.60 Å². The lowest BCUT2D eigenvalue weighted by Gasteiger charge is -2.21. The number of aryl methyl sites for hydroxylation is 1. The summed E-state index contributed by atoms with van der Waals surface area (Å²) in [6.45, 7) is 1.69. The first-order valence-electron chi connectivity index (χ1n) is 6.39. The molecule has 96 valence electrons. The largest absolute Gasteiger partial charge is 0.388 e. The van der Waals surface area contributed by atoms with Gasteiger partial charge in [0, 0.05) is 31.9 Å². The molecule has 0 spiro atoms. The Labute approximate surface area is 107 Å². The molecule has 0 radical (unpaired) electrons. The third-order valence-electron chi connectivity index (χ3n) is 3.85. The highest BCUT2D eigenvalue weighted by atomic mass is 16.3. The Morgan fingerprint density at radius 3 is 2.83 bits per heavy atom. The van der Waals surface area contributed by atoms with Crippen molar-refractivity contribution < 1.29 is 5.11 Å². The van der Waals surface area contributed by atoms with Gasteiger partial charge >= 0.3 is 0 Å².